The van der Waals surface area contributed by atoms with Crippen LogP contribution in [0.1, 0.15) is 22.6 Å². The van der Waals surface area contributed by atoms with Crippen LogP contribution in [-0.4, -0.2) is 12.4 Å². The molecule has 0 fully saturated rings. The first-order chi connectivity index (χ1) is 15.5. The SMILES string of the molecule is [Ni+2].[O-]c1ccc(Cl)cc1C=NCc1ccco1.[O-]c1ccc(Cl)cc1C=NCc1ccco1. The van der Waals surface area contributed by atoms with Crippen molar-refractivity contribution < 1.29 is 35.5 Å². The van der Waals surface area contributed by atoms with Gasteiger partial charge in [-0.1, -0.05) is 46.8 Å². The quantitative estimate of drug-likeness (QED) is 0.253. The number of hydrogen-bond acceptors (Lipinski definition) is 6. The van der Waals surface area contributed by atoms with Crippen molar-refractivity contribution in [3.05, 3.63) is 106 Å². The molecule has 4 rings (SSSR count). The standard InChI is InChI=1S/2C12H10ClNO2.Ni/c2*13-10-3-4-12(15)9(6-10)7-14-8-11-2-1-5-16-11;/h2*1-7,15H,8H2;/q;;+2/p-2. The van der Waals surface area contributed by atoms with E-state index < -0.39 is 0 Å². The molecule has 172 valence electrons. The first-order valence-electron chi connectivity index (χ1n) is 9.49. The van der Waals surface area contributed by atoms with E-state index in [9.17, 15) is 10.2 Å². The van der Waals surface area contributed by atoms with Crippen LogP contribution in [-0.2, 0) is 29.6 Å². The molecule has 0 unspecified atom stereocenters. The van der Waals surface area contributed by atoms with Gasteiger partial charge in [0, 0.05) is 22.5 Å². The Kier molecular flexibility index (Phi) is 10.8. The maximum Gasteiger partial charge on any atom is 2.00 e. The predicted octanol–water partition coefficient (Wildman–Crippen LogP) is 5.25. The van der Waals surface area contributed by atoms with Crippen molar-refractivity contribution in [3.8, 4) is 11.5 Å². The fraction of sp³-hybridized carbons (Fsp3) is 0.0833. The summed E-state index contributed by atoms with van der Waals surface area (Å²) in [4.78, 5) is 8.22. The Bertz CT molecular complexity index is 1080. The summed E-state index contributed by atoms with van der Waals surface area (Å²) in [6, 6.07) is 16.4. The van der Waals surface area contributed by atoms with E-state index in [1.807, 2.05) is 12.1 Å². The molecule has 0 atom stereocenters. The second kappa shape index (κ2) is 13.5. The zero-order chi connectivity index (χ0) is 22.8. The smallest absolute Gasteiger partial charge is 0.872 e. The molecule has 9 heteroatoms. The molecule has 33 heavy (non-hydrogen) atoms. The van der Waals surface area contributed by atoms with E-state index >= 15 is 0 Å². The Hall–Kier alpha value is -2.99. The second-order valence-corrected chi connectivity index (χ2v) is 7.34. The van der Waals surface area contributed by atoms with Crippen LogP contribution in [0, 0.1) is 0 Å². The van der Waals surface area contributed by atoms with Gasteiger partial charge >= 0.3 is 16.5 Å². The molecular formula is C24H18Cl2N2NiO4. The van der Waals surface area contributed by atoms with Gasteiger partial charge in [-0.15, -0.1) is 0 Å². The van der Waals surface area contributed by atoms with Gasteiger partial charge in [-0.2, -0.15) is 0 Å². The Morgan fingerprint density at radius 1 is 0.697 bits per heavy atom. The molecule has 4 aromatic rings. The minimum Gasteiger partial charge on any atom is -0.872 e. The Labute approximate surface area is 211 Å². The van der Waals surface area contributed by atoms with Crippen LogP contribution in [0.15, 0.2) is 92.0 Å². The number of benzene rings is 2. The fourth-order valence-electron chi connectivity index (χ4n) is 2.51. The largest absolute Gasteiger partial charge is 2.00 e. The van der Waals surface area contributed by atoms with E-state index in [2.05, 4.69) is 9.98 Å². The molecule has 0 aliphatic heterocycles. The zero-order valence-electron chi connectivity index (χ0n) is 17.1. The molecule has 2 aromatic carbocycles. The monoisotopic (exact) mass is 526 g/mol. The summed E-state index contributed by atoms with van der Waals surface area (Å²) >= 11 is 11.6. The number of rotatable bonds is 6. The van der Waals surface area contributed by atoms with Gasteiger partial charge in [-0.3, -0.25) is 9.98 Å². The van der Waals surface area contributed by atoms with E-state index in [0.29, 0.717) is 34.3 Å². The molecule has 0 spiro atoms. The molecule has 0 radical (unpaired) electrons. The average Bonchev–Trinajstić information content (AvgIpc) is 3.48. The van der Waals surface area contributed by atoms with Crippen LogP contribution >= 0.6 is 23.2 Å². The first kappa shape index (κ1) is 26.3. The number of nitrogens with zero attached hydrogens (tertiary/aromatic N) is 2. The zero-order valence-corrected chi connectivity index (χ0v) is 19.6. The number of furan rings is 2. The summed E-state index contributed by atoms with van der Waals surface area (Å²) in [6.45, 7) is 0.831. The molecule has 0 amide bonds. The van der Waals surface area contributed by atoms with Crippen molar-refractivity contribution in [2.45, 2.75) is 13.1 Å². The molecule has 2 heterocycles. The van der Waals surface area contributed by atoms with Gasteiger partial charge in [0.05, 0.1) is 25.6 Å². The molecule has 2 aromatic heterocycles. The van der Waals surface area contributed by atoms with Crippen molar-refractivity contribution in [3.63, 3.8) is 0 Å². The topological polar surface area (TPSA) is 97.1 Å². The van der Waals surface area contributed by atoms with E-state index in [4.69, 9.17) is 32.0 Å². The fourth-order valence-corrected chi connectivity index (χ4v) is 2.87. The molecule has 0 bridgehead atoms. The second-order valence-electron chi connectivity index (χ2n) is 6.46. The van der Waals surface area contributed by atoms with Gasteiger partial charge in [-0.05, 0) is 59.7 Å². The summed E-state index contributed by atoms with van der Waals surface area (Å²) in [5.74, 6) is 1.33. The maximum absolute atomic E-state index is 11.4. The third-order valence-electron chi connectivity index (χ3n) is 4.06. The molecule has 0 N–H and O–H groups in total. The van der Waals surface area contributed by atoms with Crippen LogP contribution in [0.5, 0.6) is 11.5 Å². The minimum absolute atomic E-state index is 0. The van der Waals surface area contributed by atoms with Crippen molar-refractivity contribution >= 4 is 35.6 Å². The van der Waals surface area contributed by atoms with Crippen LogP contribution in [0.4, 0.5) is 0 Å². The maximum atomic E-state index is 11.4. The van der Waals surface area contributed by atoms with Crippen molar-refractivity contribution in [1.82, 2.24) is 0 Å². The van der Waals surface area contributed by atoms with Crippen molar-refractivity contribution in [1.29, 1.82) is 0 Å². The molecule has 0 saturated heterocycles. The summed E-state index contributed by atoms with van der Waals surface area (Å²) < 4.78 is 10.2. The molecule has 0 aliphatic carbocycles. The minimum atomic E-state index is -0.0902. The summed E-state index contributed by atoms with van der Waals surface area (Å²) in [5, 5.41) is 23.8. The summed E-state index contributed by atoms with van der Waals surface area (Å²) in [5.41, 5.74) is 0.970. The third kappa shape index (κ3) is 8.81. The van der Waals surface area contributed by atoms with E-state index in [-0.39, 0.29) is 28.0 Å². The van der Waals surface area contributed by atoms with E-state index in [1.54, 1.807) is 48.9 Å². The molecule has 6 nitrogen and oxygen atoms in total. The van der Waals surface area contributed by atoms with E-state index in [0.717, 1.165) is 11.5 Å². The molecular weight excluding hydrogens is 510 g/mol. The van der Waals surface area contributed by atoms with Crippen LogP contribution < -0.4 is 10.2 Å². The van der Waals surface area contributed by atoms with E-state index in [1.165, 1.54) is 24.6 Å². The summed E-state index contributed by atoms with van der Waals surface area (Å²) in [7, 11) is 0. The van der Waals surface area contributed by atoms with Crippen molar-refractivity contribution in [2.75, 3.05) is 0 Å². The number of hydrogen-bond donors (Lipinski definition) is 0. The number of halogens is 2. The van der Waals surface area contributed by atoms with Gasteiger partial charge in [0.2, 0.25) is 0 Å². The Morgan fingerprint density at radius 2 is 1.12 bits per heavy atom. The van der Waals surface area contributed by atoms with Crippen LogP contribution in [0.3, 0.4) is 0 Å². The summed E-state index contributed by atoms with van der Waals surface area (Å²) in [6.07, 6.45) is 6.19. The predicted molar refractivity (Wildman–Crippen MR) is 122 cm³/mol. The van der Waals surface area contributed by atoms with Gasteiger partial charge < -0.3 is 19.0 Å². The normalized spacial score (nSPS) is 10.7. The molecule has 0 aliphatic rings. The van der Waals surface area contributed by atoms with Gasteiger partial charge in [0.25, 0.3) is 0 Å². The van der Waals surface area contributed by atoms with Gasteiger partial charge in [-0.25, -0.2) is 0 Å². The Morgan fingerprint density at radius 3 is 1.48 bits per heavy atom. The molecule has 0 saturated carbocycles. The first-order valence-corrected chi connectivity index (χ1v) is 10.2. The van der Waals surface area contributed by atoms with Gasteiger partial charge in [0.15, 0.2) is 0 Å². The van der Waals surface area contributed by atoms with Crippen LogP contribution in [0.2, 0.25) is 10.0 Å². The van der Waals surface area contributed by atoms with Crippen LogP contribution in [0.25, 0.3) is 0 Å². The number of aliphatic imine (C=N–C) groups is 2. The third-order valence-corrected chi connectivity index (χ3v) is 4.53. The van der Waals surface area contributed by atoms with Crippen molar-refractivity contribution in [2.24, 2.45) is 9.98 Å². The van der Waals surface area contributed by atoms with Gasteiger partial charge in [0.1, 0.15) is 11.5 Å². The average molecular weight is 528 g/mol. The Balaban J connectivity index is 0.000000227.